The average Bonchev–Trinajstić information content (AvgIpc) is 1.89. The quantitative estimate of drug-likeness (QED) is 0.579. The van der Waals surface area contributed by atoms with Gasteiger partial charge in [-0.3, -0.25) is 0 Å². The van der Waals surface area contributed by atoms with Gasteiger partial charge in [0.25, 0.3) is 0 Å². The fraction of sp³-hybridized carbons (Fsp3) is 0.167. The lowest BCUT2D eigenvalue weighted by molar-refractivity contribution is 1.04. The van der Waals surface area contributed by atoms with Crippen molar-refractivity contribution in [2.75, 3.05) is 6.26 Å². The third-order valence-corrected chi connectivity index (χ3v) is 2.18. The van der Waals surface area contributed by atoms with E-state index in [4.69, 9.17) is 12.6 Å². The third-order valence-electron chi connectivity index (χ3n) is 0.956. The number of thioether (sulfide) groups is 1. The number of hydrogen-bond donors (Lipinski definition) is 0. The molecule has 0 aromatic carbocycles. The maximum atomic E-state index is 4.92. The summed E-state index contributed by atoms with van der Waals surface area (Å²) in [5, 5.41) is 0.699. The van der Waals surface area contributed by atoms with Crippen LogP contribution in [0.3, 0.4) is 0 Å². The first kappa shape index (κ1) is 6.83. The van der Waals surface area contributed by atoms with Gasteiger partial charge in [-0.25, -0.2) is 4.98 Å². The van der Waals surface area contributed by atoms with Crippen molar-refractivity contribution < 1.29 is 0 Å². The highest BCUT2D eigenvalue weighted by Crippen LogP contribution is 2.19. The Hall–Kier alpha value is -0.280. The molecule has 0 amide bonds. The molecule has 0 spiro atoms. The van der Waals surface area contributed by atoms with Gasteiger partial charge in [0, 0.05) is 11.1 Å². The third kappa shape index (κ3) is 1.56. The van der Waals surface area contributed by atoms with Crippen molar-refractivity contribution in [2.24, 2.45) is 0 Å². The van der Waals surface area contributed by atoms with Gasteiger partial charge in [-0.05, 0) is 18.4 Å². The van der Waals surface area contributed by atoms with Gasteiger partial charge in [0.2, 0.25) is 0 Å². The Morgan fingerprint density at radius 3 is 2.89 bits per heavy atom. The Morgan fingerprint density at radius 1 is 1.67 bits per heavy atom. The Morgan fingerprint density at radius 2 is 2.44 bits per heavy atom. The number of rotatable bonds is 1. The molecule has 0 aliphatic carbocycles. The monoisotopic (exact) mass is 156 g/mol. The van der Waals surface area contributed by atoms with Crippen molar-refractivity contribution in [3.63, 3.8) is 0 Å². The van der Waals surface area contributed by atoms with Crippen LogP contribution in [0.4, 0.5) is 0 Å². The van der Waals surface area contributed by atoms with Crippen molar-refractivity contribution in [3.8, 4) is 0 Å². The molecule has 0 atom stereocenters. The highest BCUT2D eigenvalue weighted by atomic mass is 32.2. The van der Waals surface area contributed by atoms with Crippen LogP contribution in [0.25, 0.3) is 0 Å². The molecular weight excluding hydrogens is 150 g/mol. The van der Waals surface area contributed by atoms with Gasteiger partial charge in [-0.1, -0.05) is 12.6 Å². The average molecular weight is 156 g/mol. The molecule has 3 heteroatoms. The van der Waals surface area contributed by atoms with Crippen molar-refractivity contribution >= 4 is 24.4 Å². The molecule has 1 aromatic rings. The molecule has 1 heterocycles. The van der Waals surface area contributed by atoms with E-state index in [1.165, 1.54) is 0 Å². The van der Waals surface area contributed by atoms with E-state index >= 15 is 0 Å². The fourth-order valence-electron chi connectivity index (χ4n) is 0.531. The van der Waals surface area contributed by atoms with Gasteiger partial charge < -0.3 is 0 Å². The second-order valence-corrected chi connectivity index (χ2v) is 2.75. The lowest BCUT2D eigenvalue weighted by atomic mass is 10.5. The van der Waals surface area contributed by atoms with Gasteiger partial charge >= 0.3 is 0 Å². The topological polar surface area (TPSA) is 12.9 Å². The van der Waals surface area contributed by atoms with Gasteiger partial charge in [-0.15, -0.1) is 11.8 Å². The van der Waals surface area contributed by atoms with Crippen molar-refractivity contribution in [3.05, 3.63) is 18.3 Å². The summed E-state index contributed by atoms with van der Waals surface area (Å²) in [6, 6.07) is 3.86. The van der Waals surface area contributed by atoms with Crippen LogP contribution < -0.4 is 0 Å². The van der Waals surface area contributed by atoms with Crippen LogP contribution >= 0.6 is 24.4 Å². The summed E-state index contributed by atoms with van der Waals surface area (Å²) in [6.07, 6.45) is 3.70. The molecule has 0 fully saturated rings. The van der Waals surface area contributed by atoms with E-state index < -0.39 is 0 Å². The molecule has 1 aromatic heterocycles. The highest BCUT2D eigenvalue weighted by molar-refractivity contribution is 7.99. The zero-order valence-electron chi connectivity index (χ0n) is 5.00. The van der Waals surface area contributed by atoms with Crippen LogP contribution in [-0.2, 0) is 0 Å². The summed E-state index contributed by atoms with van der Waals surface area (Å²) in [4.78, 5) is 5.02. The normalized spacial score (nSPS) is 9.44. The highest BCUT2D eigenvalue weighted by Gasteiger charge is 1.94. The molecule has 0 aliphatic heterocycles. The van der Waals surface area contributed by atoms with E-state index in [0.717, 1.165) is 4.90 Å². The molecule has 0 bridgehead atoms. The van der Waals surface area contributed by atoms with E-state index in [0.29, 0.717) is 5.03 Å². The molecule has 47 valence electrons. The Labute approximate surface area is 64.3 Å². The predicted molar refractivity (Wildman–Crippen MR) is 41.9 cm³/mol. The largest absolute Gasteiger partial charge is 0.244 e. The number of pyridine rings is 1. The first-order valence-electron chi connectivity index (χ1n) is 2.50. The summed E-state index contributed by atoms with van der Waals surface area (Å²) in [7, 11) is 0. The molecule has 1 radical (unpaired) electrons. The second kappa shape index (κ2) is 3.03. The van der Waals surface area contributed by atoms with E-state index in [2.05, 4.69) is 4.98 Å². The lowest BCUT2D eigenvalue weighted by Crippen LogP contribution is -1.76. The van der Waals surface area contributed by atoms with E-state index in [1.807, 2.05) is 18.4 Å². The fourth-order valence-corrected chi connectivity index (χ4v) is 1.35. The Kier molecular flexibility index (Phi) is 2.30. The van der Waals surface area contributed by atoms with Gasteiger partial charge in [0.1, 0.15) is 5.03 Å². The van der Waals surface area contributed by atoms with Crippen LogP contribution in [0.2, 0.25) is 0 Å². The van der Waals surface area contributed by atoms with E-state index in [1.54, 1.807) is 18.0 Å². The second-order valence-electron chi connectivity index (χ2n) is 1.51. The summed E-state index contributed by atoms with van der Waals surface area (Å²) in [5.41, 5.74) is 0. The first-order valence-corrected chi connectivity index (χ1v) is 4.14. The van der Waals surface area contributed by atoms with Crippen molar-refractivity contribution in [1.29, 1.82) is 0 Å². The van der Waals surface area contributed by atoms with Gasteiger partial charge in [-0.2, -0.15) is 0 Å². The lowest BCUT2D eigenvalue weighted by Gasteiger charge is -1.94. The zero-order chi connectivity index (χ0) is 6.69. The minimum atomic E-state index is 0.699. The van der Waals surface area contributed by atoms with E-state index in [9.17, 15) is 0 Å². The summed E-state index contributed by atoms with van der Waals surface area (Å²) < 4.78 is 0. The molecule has 0 N–H and O–H groups in total. The molecule has 0 unspecified atom stereocenters. The smallest absolute Gasteiger partial charge is 0.139 e. The summed E-state index contributed by atoms with van der Waals surface area (Å²) in [5.74, 6) is 0. The minimum absolute atomic E-state index is 0.699. The van der Waals surface area contributed by atoms with Crippen LogP contribution in [0.15, 0.2) is 28.3 Å². The predicted octanol–water partition coefficient (Wildman–Crippen LogP) is 2.36. The minimum Gasteiger partial charge on any atom is -0.244 e. The summed E-state index contributed by atoms with van der Waals surface area (Å²) in [6.45, 7) is 0. The van der Waals surface area contributed by atoms with Crippen LogP contribution in [0.1, 0.15) is 0 Å². The standard InChI is InChI=1S/C6H6NS2/c1-9-5-3-2-4-7-6(5)8/h2-4H,1H3. The Balaban J connectivity index is 3.01. The molecular formula is C6H6NS2. The SMILES string of the molecule is CSc1cccnc1[S]. The van der Waals surface area contributed by atoms with Gasteiger partial charge in [0.05, 0.1) is 0 Å². The Bertz CT molecular complexity index is 200. The number of aromatic nitrogens is 1. The molecule has 0 saturated heterocycles. The molecule has 1 rings (SSSR count). The number of nitrogens with zero attached hydrogens (tertiary/aromatic N) is 1. The molecule has 0 saturated carbocycles. The van der Waals surface area contributed by atoms with Crippen LogP contribution in [0, 0.1) is 0 Å². The van der Waals surface area contributed by atoms with Crippen LogP contribution in [-0.4, -0.2) is 11.2 Å². The zero-order valence-corrected chi connectivity index (χ0v) is 6.63. The first-order chi connectivity index (χ1) is 4.34. The maximum absolute atomic E-state index is 4.92. The number of hydrogen-bond acceptors (Lipinski definition) is 2. The maximum Gasteiger partial charge on any atom is 0.139 e. The molecule has 9 heavy (non-hydrogen) atoms. The van der Waals surface area contributed by atoms with Gasteiger partial charge in [0.15, 0.2) is 0 Å². The van der Waals surface area contributed by atoms with Crippen LogP contribution in [0.5, 0.6) is 0 Å². The summed E-state index contributed by atoms with van der Waals surface area (Å²) >= 11 is 6.55. The van der Waals surface area contributed by atoms with Crippen molar-refractivity contribution in [1.82, 2.24) is 4.98 Å². The molecule has 0 aliphatic rings. The van der Waals surface area contributed by atoms with E-state index in [-0.39, 0.29) is 0 Å². The van der Waals surface area contributed by atoms with Crippen molar-refractivity contribution in [2.45, 2.75) is 9.92 Å². The molecule has 1 nitrogen and oxygen atoms in total.